The second-order valence-electron chi connectivity index (χ2n) is 8.70. The summed E-state index contributed by atoms with van der Waals surface area (Å²) in [5, 5.41) is 16.2. The molecule has 0 spiro atoms. The van der Waals surface area contributed by atoms with E-state index < -0.39 is 0 Å². The summed E-state index contributed by atoms with van der Waals surface area (Å²) in [5.74, 6) is 0.0597. The van der Waals surface area contributed by atoms with Crippen LogP contribution in [0.5, 0.6) is 6.01 Å². The van der Waals surface area contributed by atoms with Crippen LogP contribution in [0.25, 0.3) is 22.3 Å². The molecule has 1 atom stereocenters. The molecule has 1 aromatic carbocycles. The molecule has 10 nitrogen and oxygen atoms in total. The number of allylic oxidation sites excluding steroid dienone is 4. The second kappa shape index (κ2) is 15.8. The van der Waals surface area contributed by atoms with E-state index in [2.05, 4.69) is 44.5 Å². The zero-order chi connectivity index (χ0) is 30.5. The molecule has 11 heteroatoms. The van der Waals surface area contributed by atoms with Crippen molar-refractivity contribution in [3.63, 3.8) is 0 Å². The largest absolute Gasteiger partial charge is 0.467 e. The molecule has 0 fully saturated rings. The van der Waals surface area contributed by atoms with E-state index in [0.29, 0.717) is 23.1 Å². The number of aryl methyl sites for hydroxylation is 1. The minimum absolute atomic E-state index is 0.0597. The molecular weight excluding hydrogens is 554 g/mol. The number of hydrogen-bond donors (Lipinski definition) is 0. The molecule has 0 aliphatic heterocycles. The maximum Gasteiger partial charge on any atom is 0.316 e. The number of carbonyl (C=O) groups excluding carboxylic acids is 1. The third-order valence-corrected chi connectivity index (χ3v) is 6.29. The van der Waals surface area contributed by atoms with Crippen LogP contribution < -0.4 is 10.2 Å². The lowest BCUT2D eigenvalue weighted by atomic mass is 9.99. The molecule has 42 heavy (non-hydrogen) atoms. The van der Waals surface area contributed by atoms with Crippen molar-refractivity contribution in [2.45, 2.75) is 19.8 Å². The van der Waals surface area contributed by atoms with Crippen LogP contribution in [0.2, 0.25) is 5.02 Å². The Morgan fingerprint density at radius 2 is 1.79 bits per heavy atom. The zero-order valence-corrected chi connectivity index (χ0v) is 25.1. The summed E-state index contributed by atoms with van der Waals surface area (Å²) in [6, 6.07) is 9.79. The first-order chi connectivity index (χ1) is 20.5. The van der Waals surface area contributed by atoms with E-state index in [1.54, 1.807) is 23.3 Å². The van der Waals surface area contributed by atoms with Crippen LogP contribution in [-0.2, 0) is 11.8 Å². The smallest absolute Gasteiger partial charge is 0.316 e. The third kappa shape index (κ3) is 7.88. The fourth-order valence-electron chi connectivity index (χ4n) is 4.15. The molecule has 3 heterocycles. The molecule has 1 unspecified atom stereocenters. The van der Waals surface area contributed by atoms with Crippen molar-refractivity contribution >= 4 is 18.4 Å². The van der Waals surface area contributed by atoms with E-state index >= 15 is 0 Å². The Labute approximate surface area is 250 Å². The fourth-order valence-corrected chi connectivity index (χ4v) is 4.27. The van der Waals surface area contributed by atoms with E-state index in [1.165, 1.54) is 7.11 Å². The summed E-state index contributed by atoms with van der Waals surface area (Å²) >= 11 is 6.15. The van der Waals surface area contributed by atoms with Crippen LogP contribution in [0.4, 0.5) is 0 Å². The minimum atomic E-state index is 0.0597. The maximum atomic E-state index is 8.00. The van der Waals surface area contributed by atoms with Gasteiger partial charge < -0.3 is 14.1 Å². The number of aromatic nitrogens is 5. The summed E-state index contributed by atoms with van der Waals surface area (Å²) in [5.41, 5.74) is 6.08. The monoisotopic (exact) mass is 587 g/mol. The van der Waals surface area contributed by atoms with E-state index in [0.717, 1.165) is 33.5 Å². The SMILES string of the molecule is C=O.CC.COc1ncc(-c2c(-c3ccc(Cl)cc3)cnn(C)/c2=N\N(C)CC2=CC=CC(c3ccon3)C=C2)cn1. The lowest BCUT2D eigenvalue weighted by molar-refractivity contribution is -0.0980. The molecule has 218 valence electrons. The van der Waals surface area contributed by atoms with Gasteiger partial charge in [-0.3, -0.25) is 5.01 Å². The molecule has 1 aliphatic carbocycles. The van der Waals surface area contributed by atoms with Crippen LogP contribution in [0.15, 0.2) is 101 Å². The topological polar surface area (TPSA) is 112 Å². The maximum absolute atomic E-state index is 8.00. The highest BCUT2D eigenvalue weighted by Crippen LogP contribution is 2.29. The Morgan fingerprint density at radius 3 is 2.43 bits per heavy atom. The third-order valence-electron chi connectivity index (χ3n) is 6.04. The number of rotatable bonds is 7. The van der Waals surface area contributed by atoms with Gasteiger partial charge in [0.15, 0.2) is 5.49 Å². The molecule has 5 rings (SSSR count). The Balaban J connectivity index is 0.00000116. The van der Waals surface area contributed by atoms with Crippen LogP contribution in [0.3, 0.4) is 0 Å². The van der Waals surface area contributed by atoms with Gasteiger partial charge in [-0.05, 0) is 23.3 Å². The Bertz CT molecular complexity index is 1580. The van der Waals surface area contributed by atoms with Gasteiger partial charge in [0, 0.05) is 60.2 Å². The number of halogens is 1. The number of hydrogen-bond acceptors (Lipinski definition) is 9. The van der Waals surface area contributed by atoms with Gasteiger partial charge in [0.2, 0.25) is 0 Å². The van der Waals surface area contributed by atoms with Crippen LogP contribution in [0, 0.1) is 0 Å². The van der Waals surface area contributed by atoms with Crippen molar-refractivity contribution < 1.29 is 14.1 Å². The van der Waals surface area contributed by atoms with Gasteiger partial charge in [0.1, 0.15) is 13.1 Å². The molecule has 0 radical (unpaired) electrons. The number of likely N-dealkylation sites (N-methyl/N-ethyl adjacent to an activating group) is 1. The molecule has 0 N–H and O–H groups in total. The highest BCUT2D eigenvalue weighted by Gasteiger charge is 2.16. The van der Waals surface area contributed by atoms with Crippen molar-refractivity contribution in [2.24, 2.45) is 12.1 Å². The number of nitrogens with zero attached hydrogens (tertiary/aromatic N) is 7. The zero-order valence-electron chi connectivity index (χ0n) is 24.3. The predicted molar refractivity (Wildman–Crippen MR) is 164 cm³/mol. The number of benzene rings is 1. The van der Waals surface area contributed by atoms with Crippen molar-refractivity contribution in [3.8, 4) is 28.3 Å². The Morgan fingerprint density at radius 1 is 1.07 bits per heavy atom. The van der Waals surface area contributed by atoms with E-state index in [4.69, 9.17) is 30.8 Å². The second-order valence-corrected chi connectivity index (χ2v) is 9.13. The predicted octanol–water partition coefficient (Wildman–Crippen LogP) is 5.62. The molecule has 3 aromatic heterocycles. The van der Waals surface area contributed by atoms with Crippen LogP contribution in [-0.4, -0.2) is 57.4 Å². The standard InChI is InChI=1S/C28H26ClN7O2.C2H6.CH2O/c1-35(18-19-5-4-6-21(8-7-19)25-13-14-38-34-25)33-27-26(22-15-30-28(37-3)31-16-22)24(17-32-36(27)2)20-9-11-23(29)12-10-20;2*1-2/h4-17,21H,18H2,1-3H3;1-2H3;1H2/b33-27-;;. The van der Waals surface area contributed by atoms with Crippen molar-refractivity contribution in [1.82, 2.24) is 29.9 Å². The normalized spacial score (nSPS) is 14.1. The van der Waals surface area contributed by atoms with Crippen molar-refractivity contribution in [1.29, 1.82) is 0 Å². The molecule has 0 saturated carbocycles. The summed E-state index contributed by atoms with van der Waals surface area (Å²) < 4.78 is 11.9. The molecule has 0 amide bonds. The van der Waals surface area contributed by atoms with Crippen LogP contribution >= 0.6 is 11.6 Å². The number of methoxy groups -OCH3 is 1. The first-order valence-electron chi connectivity index (χ1n) is 13.2. The van der Waals surface area contributed by atoms with Gasteiger partial charge in [0.25, 0.3) is 0 Å². The molecule has 0 bridgehead atoms. The van der Waals surface area contributed by atoms with Gasteiger partial charge in [0.05, 0.1) is 25.5 Å². The molecule has 4 aromatic rings. The minimum Gasteiger partial charge on any atom is -0.467 e. The molecular formula is C31H34ClN7O3. The first-order valence-corrected chi connectivity index (χ1v) is 13.6. The first kappa shape index (κ1) is 31.7. The summed E-state index contributed by atoms with van der Waals surface area (Å²) in [7, 11) is 5.33. The fraction of sp³-hybridized carbons (Fsp3) is 0.226. The lowest BCUT2D eigenvalue weighted by Gasteiger charge is -2.17. The van der Waals surface area contributed by atoms with Crippen molar-refractivity contribution in [3.05, 3.63) is 107 Å². The summed E-state index contributed by atoms with van der Waals surface area (Å²) in [6.07, 6.45) is 17.2. The van der Waals surface area contributed by atoms with E-state index in [1.807, 2.05) is 82.3 Å². The highest BCUT2D eigenvalue weighted by atomic mass is 35.5. The number of ether oxygens (including phenoxy) is 1. The average Bonchev–Trinajstić information content (AvgIpc) is 3.47. The molecule has 1 aliphatic rings. The number of carbonyl (C=O) groups is 1. The van der Waals surface area contributed by atoms with Crippen LogP contribution in [0.1, 0.15) is 25.5 Å². The van der Waals surface area contributed by atoms with E-state index in [9.17, 15) is 0 Å². The van der Waals surface area contributed by atoms with Gasteiger partial charge in [-0.25, -0.2) is 14.6 Å². The average molecular weight is 588 g/mol. The van der Waals surface area contributed by atoms with Gasteiger partial charge in [-0.15, -0.1) is 0 Å². The Kier molecular flexibility index (Phi) is 11.9. The quantitative estimate of drug-likeness (QED) is 0.256. The van der Waals surface area contributed by atoms with Gasteiger partial charge in [-0.1, -0.05) is 73.1 Å². The highest BCUT2D eigenvalue weighted by molar-refractivity contribution is 6.30. The summed E-state index contributed by atoms with van der Waals surface area (Å²) in [4.78, 5) is 16.7. The summed E-state index contributed by atoms with van der Waals surface area (Å²) in [6.45, 7) is 6.58. The lowest BCUT2D eigenvalue weighted by Crippen LogP contribution is -2.28. The van der Waals surface area contributed by atoms with Gasteiger partial charge in [-0.2, -0.15) is 10.2 Å². The van der Waals surface area contributed by atoms with E-state index in [-0.39, 0.29) is 5.92 Å². The Hall–Kier alpha value is -4.83. The van der Waals surface area contributed by atoms with Gasteiger partial charge >= 0.3 is 6.01 Å². The van der Waals surface area contributed by atoms with Crippen molar-refractivity contribution in [2.75, 3.05) is 20.7 Å². The molecule has 0 saturated heterocycles.